The van der Waals surface area contributed by atoms with Crippen molar-refractivity contribution in [2.45, 2.75) is 13.3 Å². The van der Waals surface area contributed by atoms with Crippen LogP contribution in [0, 0.1) is 3.57 Å². The third-order valence-electron chi connectivity index (χ3n) is 2.49. The molecule has 1 amide bonds. The van der Waals surface area contributed by atoms with E-state index < -0.39 is 0 Å². The molecule has 18 heavy (non-hydrogen) atoms. The molecule has 94 valence electrons. The molecule has 1 aliphatic heterocycles. The number of thioether (sulfide) groups is 1. The number of hydrogen-bond acceptors (Lipinski definition) is 3. The van der Waals surface area contributed by atoms with E-state index in [2.05, 4.69) is 22.6 Å². The summed E-state index contributed by atoms with van der Waals surface area (Å²) in [4.78, 5) is 14.5. The first-order chi connectivity index (χ1) is 8.61. The average molecular weight is 389 g/mol. The molecule has 0 spiro atoms. The quantitative estimate of drug-likeness (QED) is 0.444. The molecule has 0 radical (unpaired) electrons. The fourth-order valence-corrected chi connectivity index (χ4v) is 3.29. The zero-order chi connectivity index (χ0) is 13.1. The van der Waals surface area contributed by atoms with Gasteiger partial charge in [-0.2, -0.15) is 0 Å². The van der Waals surface area contributed by atoms with Crippen molar-refractivity contribution >= 4 is 62.9 Å². The van der Waals surface area contributed by atoms with Crippen LogP contribution in [0.5, 0.6) is 0 Å². The highest BCUT2D eigenvalue weighted by atomic mass is 127. The van der Waals surface area contributed by atoms with Crippen LogP contribution in [0.4, 0.5) is 0 Å². The van der Waals surface area contributed by atoms with Crippen molar-refractivity contribution in [1.82, 2.24) is 4.90 Å². The Hall–Kier alpha value is -0.400. The number of amides is 1. The van der Waals surface area contributed by atoms with Crippen LogP contribution in [0.1, 0.15) is 18.9 Å². The molecule has 1 aromatic rings. The highest BCUT2D eigenvalue weighted by Crippen LogP contribution is 2.32. The van der Waals surface area contributed by atoms with Crippen LogP contribution < -0.4 is 0 Å². The Kier molecular flexibility index (Phi) is 4.80. The lowest BCUT2D eigenvalue weighted by Crippen LogP contribution is -2.28. The molecule has 5 heteroatoms. The normalized spacial score (nSPS) is 17.9. The zero-order valence-electron chi connectivity index (χ0n) is 9.85. The van der Waals surface area contributed by atoms with Crippen molar-refractivity contribution < 1.29 is 4.79 Å². The van der Waals surface area contributed by atoms with E-state index in [-0.39, 0.29) is 5.91 Å². The van der Waals surface area contributed by atoms with E-state index in [0.29, 0.717) is 10.9 Å². The monoisotopic (exact) mass is 389 g/mol. The fourth-order valence-electron chi connectivity index (χ4n) is 1.63. The molecule has 1 aromatic carbocycles. The van der Waals surface area contributed by atoms with E-state index in [4.69, 9.17) is 12.2 Å². The van der Waals surface area contributed by atoms with Gasteiger partial charge in [-0.25, -0.2) is 0 Å². The second kappa shape index (κ2) is 6.16. The van der Waals surface area contributed by atoms with E-state index in [0.717, 1.165) is 16.9 Å². The molecule has 1 aliphatic rings. The van der Waals surface area contributed by atoms with Gasteiger partial charge in [-0.15, -0.1) is 0 Å². The number of benzene rings is 1. The summed E-state index contributed by atoms with van der Waals surface area (Å²) in [7, 11) is 0. The van der Waals surface area contributed by atoms with Crippen molar-refractivity contribution in [2.75, 3.05) is 6.54 Å². The molecule has 0 aliphatic carbocycles. The third-order valence-corrected chi connectivity index (χ3v) is 4.59. The number of carbonyl (C=O) groups is 1. The topological polar surface area (TPSA) is 20.3 Å². The highest BCUT2D eigenvalue weighted by molar-refractivity contribution is 14.1. The minimum atomic E-state index is 0.0328. The smallest absolute Gasteiger partial charge is 0.266 e. The van der Waals surface area contributed by atoms with Crippen molar-refractivity contribution in [1.29, 1.82) is 0 Å². The summed E-state index contributed by atoms with van der Waals surface area (Å²) in [5, 5.41) is 0. The summed E-state index contributed by atoms with van der Waals surface area (Å²) >= 11 is 8.87. The second-order valence-electron chi connectivity index (χ2n) is 3.88. The summed E-state index contributed by atoms with van der Waals surface area (Å²) in [6, 6.07) is 8.07. The Morgan fingerprint density at radius 1 is 1.39 bits per heavy atom. The van der Waals surface area contributed by atoms with E-state index in [1.54, 1.807) is 4.90 Å². The Morgan fingerprint density at radius 2 is 2.06 bits per heavy atom. The van der Waals surface area contributed by atoms with Gasteiger partial charge in [0, 0.05) is 10.1 Å². The zero-order valence-corrected chi connectivity index (χ0v) is 13.6. The number of rotatable bonds is 3. The molecule has 1 saturated heterocycles. The van der Waals surface area contributed by atoms with Crippen molar-refractivity contribution in [3.05, 3.63) is 38.3 Å². The average Bonchev–Trinajstić information content (AvgIpc) is 2.60. The summed E-state index contributed by atoms with van der Waals surface area (Å²) < 4.78 is 1.85. The van der Waals surface area contributed by atoms with Crippen molar-refractivity contribution in [3.63, 3.8) is 0 Å². The summed E-state index contributed by atoms with van der Waals surface area (Å²) in [5.41, 5.74) is 1.03. The van der Waals surface area contributed by atoms with E-state index in [9.17, 15) is 4.79 Å². The number of thiocarbonyl (C=S) groups is 1. The molecule has 0 aromatic heterocycles. The van der Waals surface area contributed by atoms with E-state index >= 15 is 0 Å². The van der Waals surface area contributed by atoms with Crippen LogP contribution in [0.25, 0.3) is 6.08 Å². The Balaban J connectivity index is 2.22. The molecule has 2 rings (SSSR count). The molecular formula is C13H12INOS2. The van der Waals surface area contributed by atoms with E-state index in [1.165, 1.54) is 15.3 Å². The SMILES string of the molecule is CCCN1C(=O)/C(=C\c2ccc(I)cc2)SC1=S. The Morgan fingerprint density at radius 3 is 2.67 bits per heavy atom. The maximum absolute atomic E-state index is 12.1. The predicted octanol–water partition coefficient (Wildman–Crippen LogP) is 3.90. The molecule has 0 bridgehead atoms. The number of carbonyl (C=O) groups excluding carboxylic acids is 1. The van der Waals surface area contributed by atoms with Crippen LogP contribution in [0.15, 0.2) is 29.2 Å². The Bertz CT molecular complexity index is 510. The molecule has 0 N–H and O–H groups in total. The van der Waals surface area contributed by atoms with Crippen LogP contribution in [0.3, 0.4) is 0 Å². The minimum Gasteiger partial charge on any atom is -0.293 e. The van der Waals surface area contributed by atoms with Gasteiger partial charge in [0.15, 0.2) is 0 Å². The van der Waals surface area contributed by atoms with Crippen molar-refractivity contribution in [2.24, 2.45) is 0 Å². The van der Waals surface area contributed by atoms with Gasteiger partial charge in [0.2, 0.25) is 0 Å². The lowest BCUT2D eigenvalue weighted by atomic mass is 10.2. The summed E-state index contributed by atoms with van der Waals surface area (Å²) in [6.45, 7) is 2.75. The summed E-state index contributed by atoms with van der Waals surface area (Å²) in [5.74, 6) is 0.0328. The largest absolute Gasteiger partial charge is 0.293 e. The molecule has 0 unspecified atom stereocenters. The predicted molar refractivity (Wildman–Crippen MR) is 89.3 cm³/mol. The first-order valence-corrected chi connectivity index (χ1v) is 7.93. The second-order valence-corrected chi connectivity index (χ2v) is 6.81. The molecule has 0 saturated carbocycles. The third kappa shape index (κ3) is 3.13. The lowest BCUT2D eigenvalue weighted by molar-refractivity contribution is -0.122. The number of nitrogens with zero attached hydrogens (tertiary/aromatic N) is 1. The fraction of sp³-hybridized carbons (Fsp3) is 0.231. The highest BCUT2D eigenvalue weighted by Gasteiger charge is 2.30. The van der Waals surface area contributed by atoms with Gasteiger partial charge in [-0.05, 0) is 52.8 Å². The van der Waals surface area contributed by atoms with Crippen LogP contribution in [-0.2, 0) is 4.79 Å². The minimum absolute atomic E-state index is 0.0328. The summed E-state index contributed by atoms with van der Waals surface area (Å²) in [6.07, 6.45) is 2.83. The van der Waals surface area contributed by atoms with Gasteiger partial charge >= 0.3 is 0 Å². The van der Waals surface area contributed by atoms with Gasteiger partial charge in [0.1, 0.15) is 4.32 Å². The van der Waals surface area contributed by atoms with Gasteiger partial charge < -0.3 is 0 Å². The molecule has 2 nitrogen and oxygen atoms in total. The van der Waals surface area contributed by atoms with Gasteiger partial charge in [-0.1, -0.05) is 43.0 Å². The number of halogens is 1. The van der Waals surface area contributed by atoms with Crippen LogP contribution >= 0.6 is 46.6 Å². The van der Waals surface area contributed by atoms with Crippen molar-refractivity contribution in [3.8, 4) is 0 Å². The molecule has 1 heterocycles. The van der Waals surface area contributed by atoms with Crippen LogP contribution in [-0.4, -0.2) is 21.7 Å². The van der Waals surface area contributed by atoms with Gasteiger partial charge in [0.05, 0.1) is 4.91 Å². The van der Waals surface area contributed by atoms with E-state index in [1.807, 2.05) is 37.3 Å². The number of hydrogen-bond donors (Lipinski definition) is 0. The molecule has 0 atom stereocenters. The Labute approximate surface area is 130 Å². The van der Waals surface area contributed by atoms with Crippen LogP contribution in [0.2, 0.25) is 0 Å². The molecule has 1 fully saturated rings. The first-order valence-electron chi connectivity index (χ1n) is 5.62. The maximum Gasteiger partial charge on any atom is 0.266 e. The standard InChI is InChI=1S/C13H12INOS2/c1-2-7-15-12(16)11(18-13(15)17)8-9-3-5-10(14)6-4-9/h3-6,8H,2,7H2,1H3/b11-8+. The van der Waals surface area contributed by atoms with Gasteiger partial charge in [-0.3, -0.25) is 9.69 Å². The maximum atomic E-state index is 12.1. The molecular weight excluding hydrogens is 377 g/mol. The first kappa shape index (κ1) is 14.0. The lowest BCUT2D eigenvalue weighted by Gasteiger charge is -2.11. The van der Waals surface area contributed by atoms with Gasteiger partial charge in [0.25, 0.3) is 5.91 Å².